The van der Waals surface area contributed by atoms with Gasteiger partial charge in [-0.2, -0.15) is 0 Å². The van der Waals surface area contributed by atoms with E-state index in [1.165, 1.54) is 12.8 Å². The van der Waals surface area contributed by atoms with Crippen molar-refractivity contribution in [2.75, 3.05) is 13.7 Å². The summed E-state index contributed by atoms with van der Waals surface area (Å²) in [6, 6.07) is 7.57. The predicted octanol–water partition coefficient (Wildman–Crippen LogP) is 2.35. The Hall–Kier alpha value is -1.95. The van der Waals surface area contributed by atoms with E-state index >= 15 is 0 Å². The van der Waals surface area contributed by atoms with Crippen molar-refractivity contribution >= 4 is 5.91 Å². The van der Waals surface area contributed by atoms with Crippen LogP contribution in [0.1, 0.15) is 31.2 Å². The molecule has 19 heavy (non-hydrogen) atoms. The highest BCUT2D eigenvalue weighted by Gasteiger charge is 2.21. The molecule has 0 unspecified atom stereocenters. The van der Waals surface area contributed by atoms with Crippen molar-refractivity contribution in [2.45, 2.75) is 25.7 Å². The van der Waals surface area contributed by atoms with E-state index in [9.17, 15) is 4.79 Å². The molecule has 0 aromatic heterocycles. The summed E-state index contributed by atoms with van der Waals surface area (Å²) < 4.78 is 5.08. The second kappa shape index (κ2) is 6.84. The summed E-state index contributed by atoms with van der Waals surface area (Å²) in [5.41, 5.74) is 0.927. The van der Waals surface area contributed by atoms with Crippen molar-refractivity contribution in [2.24, 2.45) is 5.92 Å². The SMILES string of the molecule is COc1ccc(C#CCNC(=O)C2CCCC2)cc1. The van der Waals surface area contributed by atoms with E-state index in [0.717, 1.165) is 24.2 Å². The molecule has 0 radical (unpaired) electrons. The maximum atomic E-state index is 11.7. The average molecular weight is 257 g/mol. The van der Waals surface area contributed by atoms with E-state index in [4.69, 9.17) is 4.74 Å². The Bertz CT molecular complexity index is 476. The van der Waals surface area contributed by atoms with Crippen LogP contribution in [-0.4, -0.2) is 19.6 Å². The van der Waals surface area contributed by atoms with Gasteiger partial charge in [0.05, 0.1) is 13.7 Å². The monoisotopic (exact) mass is 257 g/mol. The summed E-state index contributed by atoms with van der Waals surface area (Å²) in [6.07, 6.45) is 4.40. The molecule has 0 atom stereocenters. The third kappa shape index (κ3) is 4.03. The van der Waals surface area contributed by atoms with E-state index in [0.29, 0.717) is 6.54 Å². The Labute approximate surface area is 114 Å². The van der Waals surface area contributed by atoms with Crippen LogP contribution < -0.4 is 10.1 Å². The molecule has 1 aliphatic rings. The first-order valence-electron chi connectivity index (χ1n) is 6.70. The molecular formula is C16H19NO2. The molecule has 3 heteroatoms. The first-order chi connectivity index (χ1) is 9.29. The third-order valence-electron chi connectivity index (χ3n) is 3.40. The van der Waals surface area contributed by atoms with Gasteiger partial charge in [-0.25, -0.2) is 0 Å². The van der Waals surface area contributed by atoms with Crippen LogP contribution in [0.3, 0.4) is 0 Å². The maximum Gasteiger partial charge on any atom is 0.223 e. The number of ether oxygens (including phenoxy) is 1. The van der Waals surface area contributed by atoms with Crippen LogP contribution in [0.2, 0.25) is 0 Å². The zero-order valence-corrected chi connectivity index (χ0v) is 11.2. The van der Waals surface area contributed by atoms with Crippen LogP contribution in [-0.2, 0) is 4.79 Å². The standard InChI is InChI=1S/C16H19NO2/c1-19-15-10-8-13(9-11-15)5-4-12-17-16(18)14-6-2-3-7-14/h8-11,14H,2-3,6-7,12H2,1H3,(H,17,18). The van der Waals surface area contributed by atoms with Crippen LogP contribution in [0.15, 0.2) is 24.3 Å². The average Bonchev–Trinajstić information content (AvgIpc) is 2.98. The number of nitrogens with one attached hydrogen (secondary N) is 1. The van der Waals surface area contributed by atoms with Crippen molar-refractivity contribution in [1.29, 1.82) is 0 Å². The number of carbonyl (C=O) groups excluding carboxylic acids is 1. The molecule has 3 nitrogen and oxygen atoms in total. The van der Waals surface area contributed by atoms with Gasteiger partial charge in [-0.1, -0.05) is 24.7 Å². The predicted molar refractivity (Wildman–Crippen MR) is 74.8 cm³/mol. The Morgan fingerprint density at radius 2 is 2.00 bits per heavy atom. The normalized spacial score (nSPS) is 14.6. The molecule has 1 N–H and O–H groups in total. The summed E-state index contributed by atoms with van der Waals surface area (Å²) in [7, 11) is 1.64. The minimum Gasteiger partial charge on any atom is -0.497 e. The Morgan fingerprint density at radius 1 is 1.32 bits per heavy atom. The molecule has 1 aromatic rings. The van der Waals surface area contributed by atoms with Gasteiger partial charge in [0.2, 0.25) is 5.91 Å². The highest BCUT2D eigenvalue weighted by atomic mass is 16.5. The minimum absolute atomic E-state index is 0.154. The second-order valence-corrected chi connectivity index (χ2v) is 4.73. The number of benzene rings is 1. The zero-order chi connectivity index (χ0) is 13.5. The van der Waals surface area contributed by atoms with E-state index in [1.54, 1.807) is 7.11 Å². The highest BCUT2D eigenvalue weighted by Crippen LogP contribution is 2.24. The lowest BCUT2D eigenvalue weighted by Crippen LogP contribution is -2.29. The molecule has 1 aliphatic carbocycles. The third-order valence-corrected chi connectivity index (χ3v) is 3.40. The number of rotatable bonds is 3. The van der Waals surface area contributed by atoms with E-state index in [2.05, 4.69) is 17.2 Å². The molecular weight excluding hydrogens is 238 g/mol. The van der Waals surface area contributed by atoms with Crippen LogP contribution in [0.4, 0.5) is 0 Å². The van der Waals surface area contributed by atoms with Gasteiger partial charge in [-0.05, 0) is 37.1 Å². The van der Waals surface area contributed by atoms with Gasteiger partial charge >= 0.3 is 0 Å². The van der Waals surface area contributed by atoms with E-state index in [-0.39, 0.29) is 11.8 Å². The number of amides is 1. The minimum atomic E-state index is 0.154. The van der Waals surface area contributed by atoms with Crippen LogP contribution in [0.5, 0.6) is 5.75 Å². The molecule has 0 bridgehead atoms. The summed E-state index contributed by atoms with van der Waals surface area (Å²) in [5, 5.41) is 2.88. The molecule has 1 aromatic carbocycles. The number of hydrogen-bond acceptors (Lipinski definition) is 2. The Morgan fingerprint density at radius 3 is 2.63 bits per heavy atom. The smallest absolute Gasteiger partial charge is 0.223 e. The van der Waals surface area contributed by atoms with Crippen molar-refractivity contribution in [1.82, 2.24) is 5.32 Å². The van der Waals surface area contributed by atoms with E-state index < -0.39 is 0 Å². The van der Waals surface area contributed by atoms with Crippen LogP contribution in [0.25, 0.3) is 0 Å². The topological polar surface area (TPSA) is 38.3 Å². The Balaban J connectivity index is 1.78. The van der Waals surface area contributed by atoms with Gasteiger partial charge in [-0.3, -0.25) is 4.79 Å². The molecule has 0 saturated heterocycles. The molecule has 1 fully saturated rings. The summed E-state index contributed by atoms with van der Waals surface area (Å²) in [5.74, 6) is 7.18. The van der Waals surface area contributed by atoms with Gasteiger partial charge in [0.15, 0.2) is 0 Å². The molecule has 100 valence electrons. The van der Waals surface area contributed by atoms with Crippen molar-refractivity contribution in [3.8, 4) is 17.6 Å². The lowest BCUT2D eigenvalue weighted by molar-refractivity contribution is -0.124. The first kappa shape index (κ1) is 13.5. The number of hydrogen-bond donors (Lipinski definition) is 1. The molecule has 1 saturated carbocycles. The van der Waals surface area contributed by atoms with Crippen molar-refractivity contribution in [3.05, 3.63) is 29.8 Å². The van der Waals surface area contributed by atoms with Crippen LogP contribution >= 0.6 is 0 Å². The first-order valence-corrected chi connectivity index (χ1v) is 6.70. The zero-order valence-electron chi connectivity index (χ0n) is 11.2. The fourth-order valence-electron chi connectivity index (χ4n) is 2.28. The van der Waals surface area contributed by atoms with Gasteiger partial charge in [0.25, 0.3) is 0 Å². The number of methoxy groups -OCH3 is 1. The lowest BCUT2D eigenvalue weighted by atomic mass is 10.1. The van der Waals surface area contributed by atoms with Crippen molar-refractivity contribution in [3.63, 3.8) is 0 Å². The summed E-state index contributed by atoms with van der Waals surface area (Å²) >= 11 is 0. The fraction of sp³-hybridized carbons (Fsp3) is 0.438. The van der Waals surface area contributed by atoms with Crippen molar-refractivity contribution < 1.29 is 9.53 Å². The van der Waals surface area contributed by atoms with Crippen LogP contribution in [0, 0.1) is 17.8 Å². The van der Waals surface area contributed by atoms with E-state index in [1.807, 2.05) is 24.3 Å². The maximum absolute atomic E-state index is 11.7. The van der Waals surface area contributed by atoms with Gasteiger partial charge in [0, 0.05) is 11.5 Å². The van der Waals surface area contributed by atoms with Gasteiger partial charge in [-0.15, -0.1) is 0 Å². The largest absolute Gasteiger partial charge is 0.497 e. The molecule has 0 aliphatic heterocycles. The molecule has 2 rings (SSSR count). The highest BCUT2D eigenvalue weighted by molar-refractivity contribution is 5.79. The molecule has 0 spiro atoms. The van der Waals surface area contributed by atoms with Gasteiger partial charge in [0.1, 0.15) is 5.75 Å². The quantitative estimate of drug-likeness (QED) is 0.844. The number of carbonyl (C=O) groups is 1. The van der Waals surface area contributed by atoms with Gasteiger partial charge < -0.3 is 10.1 Å². The Kier molecular flexibility index (Phi) is 4.85. The fourth-order valence-corrected chi connectivity index (χ4v) is 2.28. The second-order valence-electron chi connectivity index (χ2n) is 4.73. The lowest BCUT2D eigenvalue weighted by Gasteiger charge is -2.07. The summed E-state index contributed by atoms with van der Waals surface area (Å²) in [4.78, 5) is 11.7. The summed E-state index contributed by atoms with van der Waals surface area (Å²) in [6.45, 7) is 0.418. The molecule has 1 amide bonds. The molecule has 0 heterocycles.